The predicted octanol–water partition coefficient (Wildman–Crippen LogP) is 3.56. The van der Waals surface area contributed by atoms with Gasteiger partial charge in [-0.05, 0) is 55.4 Å². The van der Waals surface area contributed by atoms with Gasteiger partial charge in [0.15, 0.2) is 0 Å². The van der Waals surface area contributed by atoms with Crippen LogP contribution < -0.4 is 0 Å². The molecule has 0 aliphatic carbocycles. The third kappa shape index (κ3) is 4.85. The van der Waals surface area contributed by atoms with Gasteiger partial charge in [-0.2, -0.15) is 0 Å². The van der Waals surface area contributed by atoms with Gasteiger partial charge in [0.05, 0.1) is 12.7 Å². The van der Waals surface area contributed by atoms with Crippen LogP contribution in [0, 0.1) is 5.92 Å². The number of aryl methyl sites for hydroxylation is 1. The van der Waals surface area contributed by atoms with Crippen LogP contribution in [0.4, 0.5) is 0 Å². The first-order valence-corrected chi connectivity index (χ1v) is 11.4. The third-order valence-corrected chi connectivity index (χ3v) is 6.68. The zero-order chi connectivity index (χ0) is 22.5. The van der Waals surface area contributed by atoms with E-state index in [0.29, 0.717) is 43.1 Å². The summed E-state index contributed by atoms with van der Waals surface area (Å²) in [5.41, 5.74) is 2.07. The Morgan fingerprint density at radius 2 is 1.75 bits per heavy atom. The van der Waals surface area contributed by atoms with Gasteiger partial charge in [0.2, 0.25) is 5.91 Å². The van der Waals surface area contributed by atoms with E-state index in [1.54, 1.807) is 24.3 Å². The molecular weight excluding hydrogens is 404 g/mol. The van der Waals surface area contributed by atoms with E-state index in [9.17, 15) is 14.4 Å². The maximum absolute atomic E-state index is 13.3. The van der Waals surface area contributed by atoms with Crippen molar-refractivity contribution < 1.29 is 19.1 Å². The average molecular weight is 435 g/mol. The number of carbonyl (C=O) groups is 3. The van der Waals surface area contributed by atoms with Crippen LogP contribution in [0.3, 0.4) is 0 Å². The highest BCUT2D eigenvalue weighted by Crippen LogP contribution is 2.32. The normalized spacial score (nSPS) is 20.4. The standard InChI is InChI=1S/C26H30N2O4/c1-32-26(31)21-10-5-9-20(17-21)25(30)28-15-6-11-22-18-27(16-14-23(22)28)24(29)13-12-19-7-3-2-4-8-19/h2-5,7-10,17,22-23H,6,11-16,18H2,1H3/t22-,23-/m1/s1. The maximum atomic E-state index is 13.3. The predicted molar refractivity (Wildman–Crippen MR) is 121 cm³/mol. The number of piperidine rings is 2. The van der Waals surface area contributed by atoms with E-state index in [1.165, 1.54) is 12.7 Å². The Kier molecular flexibility index (Phi) is 6.88. The minimum atomic E-state index is -0.446. The van der Waals surface area contributed by atoms with Crippen molar-refractivity contribution in [2.45, 2.75) is 38.1 Å². The number of rotatable bonds is 5. The highest BCUT2D eigenvalue weighted by atomic mass is 16.5. The molecule has 0 unspecified atom stereocenters. The Morgan fingerprint density at radius 3 is 2.53 bits per heavy atom. The van der Waals surface area contributed by atoms with Crippen molar-refractivity contribution in [1.29, 1.82) is 0 Å². The second-order valence-corrected chi connectivity index (χ2v) is 8.65. The molecule has 2 aromatic carbocycles. The van der Waals surface area contributed by atoms with E-state index < -0.39 is 5.97 Å². The topological polar surface area (TPSA) is 66.9 Å². The molecule has 6 heteroatoms. The zero-order valence-corrected chi connectivity index (χ0v) is 18.5. The summed E-state index contributed by atoms with van der Waals surface area (Å²) in [6.45, 7) is 2.11. The maximum Gasteiger partial charge on any atom is 0.337 e. The lowest BCUT2D eigenvalue weighted by atomic mass is 9.83. The first-order valence-electron chi connectivity index (χ1n) is 11.4. The number of nitrogens with zero attached hydrogens (tertiary/aromatic N) is 2. The van der Waals surface area contributed by atoms with Gasteiger partial charge < -0.3 is 14.5 Å². The molecule has 0 aromatic heterocycles. The molecule has 4 rings (SSSR count). The van der Waals surface area contributed by atoms with Crippen molar-refractivity contribution >= 4 is 17.8 Å². The summed E-state index contributed by atoms with van der Waals surface area (Å²) in [6.07, 6.45) is 4.02. The van der Waals surface area contributed by atoms with Crippen LogP contribution in [0.1, 0.15) is 52.0 Å². The monoisotopic (exact) mass is 434 g/mol. The van der Waals surface area contributed by atoms with E-state index in [1.807, 2.05) is 28.0 Å². The molecule has 2 saturated heterocycles. The molecule has 2 fully saturated rings. The van der Waals surface area contributed by atoms with Crippen LogP contribution in [-0.4, -0.2) is 60.4 Å². The molecule has 0 N–H and O–H groups in total. The summed E-state index contributed by atoms with van der Waals surface area (Å²) in [6, 6.07) is 17.0. The summed E-state index contributed by atoms with van der Waals surface area (Å²) < 4.78 is 4.78. The van der Waals surface area contributed by atoms with Crippen molar-refractivity contribution in [3.05, 3.63) is 71.3 Å². The summed E-state index contributed by atoms with van der Waals surface area (Å²) >= 11 is 0. The lowest BCUT2D eigenvalue weighted by Crippen LogP contribution is -2.56. The Balaban J connectivity index is 1.39. The van der Waals surface area contributed by atoms with Crippen molar-refractivity contribution in [3.8, 4) is 0 Å². The number of amides is 2. The average Bonchev–Trinajstić information content (AvgIpc) is 2.86. The van der Waals surface area contributed by atoms with Crippen molar-refractivity contribution in [2.75, 3.05) is 26.7 Å². The second kappa shape index (κ2) is 9.98. The van der Waals surface area contributed by atoms with Crippen LogP contribution in [0.2, 0.25) is 0 Å². The van der Waals surface area contributed by atoms with Crippen molar-refractivity contribution in [2.24, 2.45) is 5.92 Å². The van der Waals surface area contributed by atoms with Gasteiger partial charge >= 0.3 is 5.97 Å². The van der Waals surface area contributed by atoms with E-state index in [-0.39, 0.29) is 17.9 Å². The molecule has 0 radical (unpaired) electrons. The van der Waals surface area contributed by atoms with Gasteiger partial charge in [-0.15, -0.1) is 0 Å². The molecule has 2 aromatic rings. The molecule has 2 amide bonds. The van der Waals surface area contributed by atoms with Gasteiger partial charge in [-0.3, -0.25) is 9.59 Å². The number of esters is 1. The Hall–Kier alpha value is -3.15. The van der Waals surface area contributed by atoms with Crippen LogP contribution in [0.25, 0.3) is 0 Å². The molecule has 2 aliphatic rings. The summed E-state index contributed by atoms with van der Waals surface area (Å²) in [4.78, 5) is 41.9. The fraction of sp³-hybridized carbons (Fsp3) is 0.423. The van der Waals surface area contributed by atoms with Crippen molar-refractivity contribution in [1.82, 2.24) is 9.80 Å². The Labute approximate surface area is 189 Å². The van der Waals surface area contributed by atoms with E-state index in [4.69, 9.17) is 4.74 Å². The minimum Gasteiger partial charge on any atom is -0.465 e. The minimum absolute atomic E-state index is 0.0469. The van der Waals surface area contributed by atoms with Gasteiger partial charge in [-0.1, -0.05) is 36.4 Å². The lowest BCUT2D eigenvalue weighted by molar-refractivity contribution is -0.134. The highest BCUT2D eigenvalue weighted by molar-refractivity contribution is 5.98. The second-order valence-electron chi connectivity index (χ2n) is 8.65. The summed E-state index contributed by atoms with van der Waals surface area (Å²) in [5, 5.41) is 0. The Morgan fingerprint density at radius 1 is 0.969 bits per heavy atom. The largest absolute Gasteiger partial charge is 0.465 e. The quantitative estimate of drug-likeness (QED) is 0.675. The van der Waals surface area contributed by atoms with Crippen LogP contribution in [-0.2, 0) is 16.0 Å². The van der Waals surface area contributed by atoms with Crippen LogP contribution >= 0.6 is 0 Å². The van der Waals surface area contributed by atoms with Crippen molar-refractivity contribution in [3.63, 3.8) is 0 Å². The molecule has 32 heavy (non-hydrogen) atoms. The highest BCUT2D eigenvalue weighted by Gasteiger charge is 2.39. The fourth-order valence-electron chi connectivity index (χ4n) is 5.00. The lowest BCUT2D eigenvalue weighted by Gasteiger charge is -2.47. The third-order valence-electron chi connectivity index (χ3n) is 6.68. The number of likely N-dealkylation sites (tertiary alicyclic amines) is 2. The first kappa shape index (κ1) is 22.1. The van der Waals surface area contributed by atoms with E-state index in [2.05, 4.69) is 12.1 Å². The first-order chi connectivity index (χ1) is 15.6. The number of hydrogen-bond donors (Lipinski definition) is 0. The molecule has 2 aliphatic heterocycles. The zero-order valence-electron chi connectivity index (χ0n) is 18.5. The molecule has 2 heterocycles. The fourth-order valence-corrected chi connectivity index (χ4v) is 5.00. The number of carbonyl (C=O) groups excluding carboxylic acids is 3. The number of ether oxygens (including phenoxy) is 1. The summed E-state index contributed by atoms with van der Waals surface area (Å²) in [5.74, 6) is 0.000230. The summed E-state index contributed by atoms with van der Waals surface area (Å²) in [7, 11) is 1.33. The van der Waals surface area contributed by atoms with E-state index >= 15 is 0 Å². The number of fused-ring (bicyclic) bond motifs is 1. The molecule has 0 saturated carbocycles. The van der Waals surface area contributed by atoms with Gasteiger partial charge in [0.25, 0.3) is 5.91 Å². The smallest absolute Gasteiger partial charge is 0.337 e. The van der Waals surface area contributed by atoms with E-state index in [0.717, 1.165) is 25.7 Å². The molecule has 168 valence electrons. The Bertz CT molecular complexity index is 975. The molecular formula is C26H30N2O4. The van der Waals surface area contributed by atoms with Crippen LogP contribution in [0.15, 0.2) is 54.6 Å². The number of methoxy groups -OCH3 is 1. The number of hydrogen-bond acceptors (Lipinski definition) is 4. The van der Waals surface area contributed by atoms with Gasteiger partial charge in [0, 0.05) is 37.7 Å². The molecule has 0 bridgehead atoms. The SMILES string of the molecule is COC(=O)c1cccc(C(=O)N2CCC[C@@H]3CN(C(=O)CCc4ccccc4)CC[C@H]32)c1. The molecule has 2 atom stereocenters. The van der Waals surface area contributed by atoms with Gasteiger partial charge in [-0.25, -0.2) is 4.79 Å². The van der Waals surface area contributed by atoms with Gasteiger partial charge in [0.1, 0.15) is 0 Å². The molecule has 6 nitrogen and oxygen atoms in total. The molecule has 0 spiro atoms. The number of benzene rings is 2. The van der Waals surface area contributed by atoms with Crippen LogP contribution in [0.5, 0.6) is 0 Å².